The fourth-order valence-electron chi connectivity index (χ4n) is 0.866. The van der Waals surface area contributed by atoms with Crippen LogP contribution in [0, 0.1) is 10.1 Å². The summed E-state index contributed by atoms with van der Waals surface area (Å²) in [5, 5.41) is 26.0. The standard InChI is InChI=1S/C6H4BrNO3.C4H6O6/c7-4-5(8(9)10)6-2-1-3-11-6;5-3(6)9-1-2-10-4(7)8/h1-4H;1-2H2,(H,5,6)(H,7,8)/b5-4+;. The Hall–Kier alpha value is -2.56. The van der Waals surface area contributed by atoms with Crippen molar-refractivity contribution in [3.63, 3.8) is 0 Å². The van der Waals surface area contributed by atoms with Gasteiger partial charge in [0.05, 0.1) is 16.2 Å². The minimum absolute atomic E-state index is 0.0880. The monoisotopic (exact) mass is 367 g/mol. The van der Waals surface area contributed by atoms with Gasteiger partial charge in [0.2, 0.25) is 5.76 Å². The van der Waals surface area contributed by atoms with Gasteiger partial charge in [0.25, 0.3) is 0 Å². The summed E-state index contributed by atoms with van der Waals surface area (Å²) in [7, 11) is 0. The molecule has 0 saturated carbocycles. The molecule has 0 bridgehead atoms. The summed E-state index contributed by atoms with van der Waals surface area (Å²) in [6, 6.07) is 3.12. The number of halogens is 1. The molecule has 11 heteroatoms. The maximum atomic E-state index is 10.3. The summed E-state index contributed by atoms with van der Waals surface area (Å²) >= 11 is 2.87. The number of ether oxygens (including phenoxy) is 2. The molecule has 0 unspecified atom stereocenters. The lowest BCUT2D eigenvalue weighted by molar-refractivity contribution is -0.376. The summed E-state index contributed by atoms with van der Waals surface area (Å²) < 4.78 is 12.6. The van der Waals surface area contributed by atoms with Crippen LogP contribution in [0.3, 0.4) is 0 Å². The summed E-state index contributed by atoms with van der Waals surface area (Å²) in [6.45, 7) is -0.552. The molecular formula is C10H10BrNO9. The van der Waals surface area contributed by atoms with E-state index >= 15 is 0 Å². The zero-order valence-electron chi connectivity index (χ0n) is 10.3. The lowest BCUT2D eigenvalue weighted by atomic mass is 10.4. The van der Waals surface area contributed by atoms with Crippen LogP contribution >= 0.6 is 15.9 Å². The summed E-state index contributed by atoms with van der Waals surface area (Å²) in [4.78, 5) is 30.2. The van der Waals surface area contributed by atoms with Crippen molar-refractivity contribution in [1.29, 1.82) is 0 Å². The minimum Gasteiger partial charge on any atom is -0.458 e. The second kappa shape index (κ2) is 10.3. The Bertz CT molecular complexity index is 481. The van der Waals surface area contributed by atoms with Crippen LogP contribution in [0.1, 0.15) is 5.76 Å². The SMILES string of the molecule is O=C(O)OCCOC(=O)O.O=[N+]([O-])/C(=C/Br)c1ccco1. The first-order chi connectivity index (χ1) is 9.88. The highest BCUT2D eigenvalue weighted by atomic mass is 79.9. The summed E-state index contributed by atoms with van der Waals surface area (Å²) in [5.74, 6) is 0.242. The van der Waals surface area contributed by atoms with Gasteiger partial charge in [-0.15, -0.1) is 0 Å². The van der Waals surface area contributed by atoms with E-state index in [1.165, 1.54) is 17.3 Å². The Morgan fingerprint density at radius 3 is 2.14 bits per heavy atom. The zero-order chi connectivity index (χ0) is 16.3. The average molecular weight is 368 g/mol. The van der Waals surface area contributed by atoms with E-state index in [-0.39, 0.29) is 24.7 Å². The van der Waals surface area contributed by atoms with E-state index in [1.54, 1.807) is 6.07 Å². The molecule has 0 aromatic carbocycles. The number of rotatable bonds is 5. The molecule has 1 heterocycles. The van der Waals surface area contributed by atoms with Gasteiger partial charge in [0, 0.05) is 0 Å². The van der Waals surface area contributed by atoms with Crippen LogP contribution in [0.5, 0.6) is 0 Å². The fraction of sp³-hybridized carbons (Fsp3) is 0.200. The van der Waals surface area contributed by atoms with Gasteiger partial charge in [-0.05, 0) is 12.1 Å². The molecule has 1 rings (SSSR count). The van der Waals surface area contributed by atoms with Gasteiger partial charge in [-0.3, -0.25) is 10.1 Å². The normalized spacial score (nSPS) is 10.0. The second-order valence-electron chi connectivity index (χ2n) is 2.96. The maximum absolute atomic E-state index is 10.3. The number of carbonyl (C=O) groups is 2. The quantitative estimate of drug-likeness (QED) is 0.346. The molecule has 116 valence electrons. The predicted molar refractivity (Wildman–Crippen MR) is 70.6 cm³/mol. The third-order valence-corrected chi connectivity index (χ3v) is 2.04. The highest BCUT2D eigenvalue weighted by Gasteiger charge is 2.15. The summed E-state index contributed by atoms with van der Waals surface area (Å²) in [5.41, 5.74) is -0.0880. The molecule has 10 nitrogen and oxygen atoms in total. The van der Waals surface area contributed by atoms with Gasteiger partial charge in [-0.1, -0.05) is 15.9 Å². The van der Waals surface area contributed by atoms with Crippen molar-refractivity contribution >= 4 is 33.9 Å². The molecule has 21 heavy (non-hydrogen) atoms. The molecule has 0 aliphatic carbocycles. The highest BCUT2D eigenvalue weighted by Crippen LogP contribution is 2.16. The minimum atomic E-state index is -1.45. The molecule has 0 saturated heterocycles. The van der Waals surface area contributed by atoms with Crippen molar-refractivity contribution in [3.05, 3.63) is 39.3 Å². The van der Waals surface area contributed by atoms with Gasteiger partial charge in [0.15, 0.2) is 0 Å². The number of carboxylic acid groups (broad SMARTS) is 2. The van der Waals surface area contributed by atoms with Crippen molar-refractivity contribution in [2.75, 3.05) is 13.2 Å². The zero-order valence-corrected chi connectivity index (χ0v) is 11.9. The molecule has 0 amide bonds. The van der Waals surface area contributed by atoms with Gasteiger partial charge < -0.3 is 24.1 Å². The number of nitro groups is 1. The Morgan fingerprint density at radius 1 is 1.33 bits per heavy atom. The van der Waals surface area contributed by atoms with Crippen LogP contribution in [0.25, 0.3) is 5.70 Å². The van der Waals surface area contributed by atoms with E-state index in [9.17, 15) is 19.7 Å². The Balaban J connectivity index is 0.000000384. The number of nitrogens with zero attached hydrogens (tertiary/aromatic N) is 1. The fourth-order valence-corrected chi connectivity index (χ4v) is 1.26. The average Bonchev–Trinajstić information content (AvgIpc) is 2.89. The van der Waals surface area contributed by atoms with Gasteiger partial charge in [-0.25, -0.2) is 9.59 Å². The molecule has 0 aliphatic rings. The van der Waals surface area contributed by atoms with Crippen molar-refractivity contribution in [2.24, 2.45) is 0 Å². The molecule has 1 aromatic heterocycles. The van der Waals surface area contributed by atoms with Crippen LogP contribution in [0.15, 0.2) is 27.8 Å². The Morgan fingerprint density at radius 2 is 1.86 bits per heavy atom. The number of hydrogen-bond donors (Lipinski definition) is 2. The van der Waals surface area contributed by atoms with Gasteiger partial charge in [0.1, 0.15) is 13.2 Å². The van der Waals surface area contributed by atoms with Crippen LogP contribution in [-0.2, 0) is 9.47 Å². The van der Waals surface area contributed by atoms with Crippen molar-refractivity contribution in [1.82, 2.24) is 0 Å². The lowest BCUT2D eigenvalue weighted by Crippen LogP contribution is -2.10. The Labute approximate surface area is 125 Å². The lowest BCUT2D eigenvalue weighted by Gasteiger charge is -1.98. The molecular weight excluding hydrogens is 358 g/mol. The van der Waals surface area contributed by atoms with E-state index in [1.807, 2.05) is 0 Å². The van der Waals surface area contributed by atoms with Crippen LogP contribution < -0.4 is 0 Å². The largest absolute Gasteiger partial charge is 0.505 e. The number of hydrogen-bond acceptors (Lipinski definition) is 7. The predicted octanol–water partition coefficient (Wildman–Crippen LogP) is 2.63. The molecule has 0 atom stereocenters. The van der Waals surface area contributed by atoms with Crippen LogP contribution in [-0.4, -0.2) is 40.7 Å². The van der Waals surface area contributed by atoms with Gasteiger partial charge >= 0.3 is 18.0 Å². The smallest absolute Gasteiger partial charge is 0.458 e. The van der Waals surface area contributed by atoms with E-state index in [4.69, 9.17) is 14.6 Å². The third-order valence-electron chi connectivity index (χ3n) is 1.61. The Kier molecular flexibility index (Phi) is 9.00. The first kappa shape index (κ1) is 18.4. The van der Waals surface area contributed by atoms with E-state index in [0.29, 0.717) is 0 Å². The molecule has 0 fully saturated rings. The summed E-state index contributed by atoms with van der Waals surface area (Å²) in [6.07, 6.45) is -1.52. The topological polar surface area (TPSA) is 149 Å². The molecule has 0 aliphatic heterocycles. The van der Waals surface area contributed by atoms with E-state index < -0.39 is 17.2 Å². The molecule has 2 N–H and O–H groups in total. The molecule has 0 spiro atoms. The first-order valence-electron chi connectivity index (χ1n) is 5.08. The van der Waals surface area contributed by atoms with Crippen molar-refractivity contribution in [2.45, 2.75) is 0 Å². The molecule has 1 aromatic rings. The van der Waals surface area contributed by atoms with Crippen LogP contribution in [0.2, 0.25) is 0 Å². The van der Waals surface area contributed by atoms with Crippen LogP contribution in [0.4, 0.5) is 9.59 Å². The third kappa shape index (κ3) is 9.04. The highest BCUT2D eigenvalue weighted by molar-refractivity contribution is 9.11. The maximum Gasteiger partial charge on any atom is 0.505 e. The van der Waals surface area contributed by atoms with Crippen molar-refractivity contribution in [3.8, 4) is 0 Å². The molecule has 0 radical (unpaired) electrons. The van der Waals surface area contributed by atoms with E-state index in [0.717, 1.165) is 0 Å². The van der Waals surface area contributed by atoms with Crippen molar-refractivity contribution < 1.29 is 38.6 Å². The second-order valence-corrected chi connectivity index (χ2v) is 3.42. The van der Waals surface area contributed by atoms with Gasteiger partial charge in [-0.2, -0.15) is 0 Å². The first-order valence-corrected chi connectivity index (χ1v) is 6.00. The van der Waals surface area contributed by atoms with E-state index in [2.05, 4.69) is 25.4 Å². The number of furan rings is 1.